The average molecular weight is 822 g/mol. The molecule has 4 amide bonds. The number of nitrogens with zero attached hydrogens (tertiary/aromatic N) is 3. The van der Waals surface area contributed by atoms with Gasteiger partial charge in [-0.05, 0) is 78.9 Å². The molecule has 0 radical (unpaired) electrons. The van der Waals surface area contributed by atoms with Gasteiger partial charge in [0.05, 0.1) is 52.1 Å². The number of ether oxygens (including phenoxy) is 1. The Balaban J connectivity index is 1.32. The molecule has 1 aromatic heterocycles. The van der Waals surface area contributed by atoms with Crippen molar-refractivity contribution in [2.75, 3.05) is 17.4 Å². The van der Waals surface area contributed by atoms with Crippen molar-refractivity contribution in [1.29, 1.82) is 0 Å². The fraction of sp³-hybridized carbons (Fsp3) is 0.250. The van der Waals surface area contributed by atoms with Crippen molar-refractivity contribution in [3.63, 3.8) is 0 Å². The minimum atomic E-state index is -4.79. The number of carbonyl (C=O) groups excluding carboxylic acids is 4. The number of phenolic OH excluding ortho intramolecular Hbond substituents is 1. The zero-order valence-corrected chi connectivity index (χ0v) is 31.0. The first-order valence-electron chi connectivity index (χ1n) is 17.5. The van der Waals surface area contributed by atoms with E-state index in [0.717, 1.165) is 4.90 Å². The van der Waals surface area contributed by atoms with Crippen LogP contribution in [0.15, 0.2) is 90.6 Å². The van der Waals surface area contributed by atoms with E-state index in [9.17, 15) is 42.6 Å². The van der Waals surface area contributed by atoms with Crippen LogP contribution in [0.5, 0.6) is 11.5 Å². The standard InChI is InChI=1S/C40H29Cl2F3N4O8/c1-57-23-9-12-30(50)27(15-23)32-24-10-11-25-31(36(53)48(34(25)51)22-4-2-3-18(13-22)37(54)55)26(24)16-28-35(52)49(38(56)39(28,32)19-5-7-21(41)8-6-19)47-33-29(42)14-20(17-46-33)40(43,44)45/h2-10,12-15,17,25-26,28,31-32,50H,11,16H2,1H3,(H,46,47)(H,54,55). The second-order valence-electron chi connectivity index (χ2n) is 14.2. The zero-order chi connectivity index (χ0) is 40.7. The molecule has 6 unspecified atom stereocenters. The summed E-state index contributed by atoms with van der Waals surface area (Å²) in [5, 5.41) is 21.6. The molecule has 2 aliphatic carbocycles. The fourth-order valence-electron chi connectivity index (χ4n) is 9.05. The number of hydrogen-bond acceptors (Lipinski definition) is 9. The third-order valence-corrected chi connectivity index (χ3v) is 12.0. The Bertz CT molecular complexity index is 2440. The summed E-state index contributed by atoms with van der Waals surface area (Å²) in [4.78, 5) is 75.3. The van der Waals surface area contributed by atoms with Crippen LogP contribution >= 0.6 is 23.2 Å². The minimum absolute atomic E-state index is 0.0218. The number of aromatic nitrogens is 1. The first-order valence-corrected chi connectivity index (χ1v) is 18.2. The van der Waals surface area contributed by atoms with Gasteiger partial charge in [-0.2, -0.15) is 18.2 Å². The van der Waals surface area contributed by atoms with Crippen LogP contribution in [0.25, 0.3) is 0 Å². The number of pyridine rings is 1. The lowest BCUT2D eigenvalue weighted by Crippen LogP contribution is -2.53. The quantitative estimate of drug-likeness (QED) is 0.130. The van der Waals surface area contributed by atoms with E-state index in [2.05, 4.69) is 10.4 Å². The summed E-state index contributed by atoms with van der Waals surface area (Å²) in [6.45, 7) is 0. The van der Waals surface area contributed by atoms with Gasteiger partial charge in [0.15, 0.2) is 5.82 Å². The molecule has 3 heterocycles. The summed E-state index contributed by atoms with van der Waals surface area (Å²) >= 11 is 12.6. The number of rotatable bonds is 7. The number of carboxylic acid groups (broad SMARTS) is 1. The summed E-state index contributed by atoms with van der Waals surface area (Å²) in [7, 11) is 1.40. The molecule has 0 bridgehead atoms. The highest BCUT2D eigenvalue weighted by atomic mass is 35.5. The van der Waals surface area contributed by atoms with Crippen LogP contribution in [0.2, 0.25) is 10.0 Å². The molecule has 17 heteroatoms. The molecule has 3 aromatic carbocycles. The number of fused-ring (bicyclic) bond motifs is 4. The van der Waals surface area contributed by atoms with Crippen LogP contribution in [0, 0.1) is 23.7 Å². The van der Waals surface area contributed by atoms with E-state index in [4.69, 9.17) is 27.9 Å². The average Bonchev–Trinajstić information content (AvgIpc) is 3.56. The van der Waals surface area contributed by atoms with Crippen molar-refractivity contribution in [2.24, 2.45) is 23.7 Å². The molecular weight excluding hydrogens is 792 g/mol. The summed E-state index contributed by atoms with van der Waals surface area (Å²) in [6, 6.07) is 16.5. The summed E-state index contributed by atoms with van der Waals surface area (Å²) in [5.41, 5.74) is 0.324. The number of aromatic hydroxyl groups is 1. The van der Waals surface area contributed by atoms with E-state index in [1.165, 1.54) is 61.7 Å². The summed E-state index contributed by atoms with van der Waals surface area (Å²) in [6.07, 6.45) is -2.69. The second kappa shape index (κ2) is 13.6. The van der Waals surface area contributed by atoms with Gasteiger partial charge < -0.3 is 14.9 Å². The molecule has 12 nitrogen and oxygen atoms in total. The van der Waals surface area contributed by atoms with Crippen molar-refractivity contribution in [3.8, 4) is 11.5 Å². The molecule has 6 atom stereocenters. The Kier molecular flexibility index (Phi) is 9.08. The van der Waals surface area contributed by atoms with Crippen LogP contribution in [0.3, 0.4) is 0 Å². The monoisotopic (exact) mass is 820 g/mol. The molecule has 8 rings (SSSR count). The largest absolute Gasteiger partial charge is 0.508 e. The number of imide groups is 2. The van der Waals surface area contributed by atoms with Crippen LogP contribution in [0.4, 0.5) is 24.7 Å². The summed E-state index contributed by atoms with van der Waals surface area (Å²) < 4.78 is 46.0. The summed E-state index contributed by atoms with van der Waals surface area (Å²) in [5.74, 6) is -10.00. The number of methoxy groups -OCH3 is 1. The van der Waals surface area contributed by atoms with Crippen molar-refractivity contribution < 1.29 is 52.1 Å². The first-order chi connectivity index (χ1) is 27.1. The van der Waals surface area contributed by atoms with Gasteiger partial charge in [0.1, 0.15) is 11.5 Å². The Morgan fingerprint density at radius 2 is 1.70 bits per heavy atom. The van der Waals surface area contributed by atoms with E-state index in [0.29, 0.717) is 33.4 Å². The van der Waals surface area contributed by atoms with Gasteiger partial charge in [0.2, 0.25) is 11.8 Å². The number of amides is 4. The van der Waals surface area contributed by atoms with Gasteiger partial charge in [-0.1, -0.05) is 53.1 Å². The van der Waals surface area contributed by atoms with Gasteiger partial charge in [-0.25, -0.2) is 9.78 Å². The van der Waals surface area contributed by atoms with E-state index < -0.39 is 87.2 Å². The number of aromatic carboxylic acids is 1. The van der Waals surface area contributed by atoms with Gasteiger partial charge in [0.25, 0.3) is 11.8 Å². The van der Waals surface area contributed by atoms with Crippen LogP contribution in [-0.2, 0) is 30.8 Å². The smallest absolute Gasteiger partial charge is 0.417 e. The van der Waals surface area contributed by atoms with Gasteiger partial charge in [0, 0.05) is 22.7 Å². The third kappa shape index (κ3) is 5.81. The number of hydrazine groups is 1. The molecule has 57 heavy (non-hydrogen) atoms. The molecule has 3 N–H and O–H groups in total. The van der Waals surface area contributed by atoms with Gasteiger partial charge in [-0.15, -0.1) is 0 Å². The number of alkyl halides is 3. The lowest BCUT2D eigenvalue weighted by molar-refractivity contribution is -0.139. The number of halogens is 5. The normalized spacial score (nSPS) is 25.5. The van der Waals surface area contributed by atoms with Crippen LogP contribution in [0.1, 0.15) is 45.8 Å². The number of hydrogen-bond donors (Lipinski definition) is 3. The Morgan fingerprint density at radius 3 is 2.37 bits per heavy atom. The lowest BCUT2D eigenvalue weighted by atomic mass is 9.49. The number of allylic oxidation sites excluding steroid dienone is 2. The molecule has 2 aliphatic heterocycles. The van der Waals surface area contributed by atoms with E-state index in [-0.39, 0.29) is 41.2 Å². The Morgan fingerprint density at radius 1 is 0.965 bits per heavy atom. The highest BCUT2D eigenvalue weighted by Crippen LogP contribution is 2.65. The molecule has 4 aromatic rings. The Hall–Kier alpha value is -5.93. The minimum Gasteiger partial charge on any atom is -0.508 e. The van der Waals surface area contributed by atoms with E-state index in [1.807, 2.05) is 0 Å². The molecule has 3 fully saturated rings. The van der Waals surface area contributed by atoms with Crippen LogP contribution in [-0.4, -0.2) is 56.9 Å². The zero-order valence-electron chi connectivity index (χ0n) is 29.5. The van der Waals surface area contributed by atoms with Crippen molar-refractivity contribution in [1.82, 2.24) is 9.99 Å². The number of nitrogens with one attached hydrogen (secondary N) is 1. The molecule has 292 valence electrons. The highest BCUT2D eigenvalue weighted by molar-refractivity contribution is 6.33. The number of carbonyl (C=O) groups is 5. The predicted octanol–water partition coefficient (Wildman–Crippen LogP) is 7.01. The number of phenols is 1. The number of anilines is 2. The first kappa shape index (κ1) is 38.0. The molecule has 1 saturated carbocycles. The second-order valence-corrected chi connectivity index (χ2v) is 15.1. The van der Waals surface area contributed by atoms with Crippen LogP contribution < -0.4 is 15.1 Å². The van der Waals surface area contributed by atoms with Gasteiger partial charge in [-0.3, -0.25) is 29.5 Å². The Labute approximate surface area is 331 Å². The molecule has 2 saturated heterocycles. The lowest BCUT2D eigenvalue weighted by Gasteiger charge is -2.50. The molecular formula is C40H29Cl2F3N4O8. The third-order valence-electron chi connectivity index (χ3n) is 11.5. The van der Waals surface area contributed by atoms with Gasteiger partial charge >= 0.3 is 12.1 Å². The maximum atomic E-state index is 15.3. The van der Waals surface area contributed by atoms with E-state index in [1.54, 1.807) is 18.2 Å². The van der Waals surface area contributed by atoms with E-state index >= 15 is 4.79 Å². The SMILES string of the molecule is COc1ccc(O)c(C2C3=CCC4C(=O)N(c5cccc(C(=O)O)c5)C(=O)C4C3CC3C(=O)N(Nc4ncc(C(F)(F)F)cc4Cl)C(=O)C32c2ccc(Cl)cc2)c1. The predicted molar refractivity (Wildman–Crippen MR) is 197 cm³/mol. The maximum Gasteiger partial charge on any atom is 0.417 e. The highest BCUT2D eigenvalue weighted by Gasteiger charge is 2.71. The topological polar surface area (TPSA) is 166 Å². The van der Waals surface area contributed by atoms with Crippen molar-refractivity contribution in [3.05, 3.63) is 123 Å². The molecule has 0 spiro atoms. The van der Waals surface area contributed by atoms with Crippen molar-refractivity contribution >= 4 is 64.3 Å². The number of benzene rings is 3. The molecule has 4 aliphatic rings. The number of carboxylic acids is 1. The van der Waals surface area contributed by atoms with Crippen molar-refractivity contribution in [2.45, 2.75) is 30.4 Å². The maximum absolute atomic E-state index is 15.3. The fourth-order valence-corrected chi connectivity index (χ4v) is 9.39.